The van der Waals surface area contributed by atoms with E-state index in [1.807, 2.05) is 0 Å². The Morgan fingerprint density at radius 2 is 1.45 bits per heavy atom. The molecule has 0 saturated heterocycles. The van der Waals surface area contributed by atoms with Crippen molar-refractivity contribution in [2.75, 3.05) is 0 Å². The number of carboxylic acid groups (broad SMARTS) is 1. The minimum absolute atomic E-state index is 0.0393. The highest BCUT2D eigenvalue weighted by molar-refractivity contribution is 5.86. The van der Waals surface area contributed by atoms with Crippen LogP contribution in [0.1, 0.15) is 16.7 Å². The molecule has 1 rings (SSSR count). The van der Waals surface area contributed by atoms with Crippen LogP contribution in [0.3, 0.4) is 0 Å². The summed E-state index contributed by atoms with van der Waals surface area (Å²) >= 11 is 0. The third-order valence-electron chi connectivity index (χ3n) is 2.18. The molecular formula is C11H6F6O3. The van der Waals surface area contributed by atoms with E-state index in [2.05, 4.69) is 0 Å². The molecule has 0 heterocycles. The number of halogens is 6. The summed E-state index contributed by atoms with van der Waals surface area (Å²) in [5.41, 5.74) is -4.74. The molecule has 0 aliphatic heterocycles. The second-order valence-electron chi connectivity index (χ2n) is 3.62. The first-order valence-electron chi connectivity index (χ1n) is 4.85. The van der Waals surface area contributed by atoms with Gasteiger partial charge in [-0.05, 0) is 18.2 Å². The number of benzene rings is 1. The average Bonchev–Trinajstić information content (AvgIpc) is 2.23. The Bertz CT molecular complexity index is 557. The van der Waals surface area contributed by atoms with Crippen LogP contribution in [0.15, 0.2) is 18.2 Å². The number of rotatable bonds is 2. The van der Waals surface area contributed by atoms with Crippen LogP contribution in [-0.2, 0) is 17.1 Å². The summed E-state index contributed by atoms with van der Waals surface area (Å²) < 4.78 is 75.1. The van der Waals surface area contributed by atoms with Crippen molar-refractivity contribution in [3.05, 3.63) is 34.9 Å². The first kappa shape index (κ1) is 15.9. The summed E-state index contributed by atoms with van der Waals surface area (Å²) in [5, 5.41) is 17.6. The van der Waals surface area contributed by atoms with Crippen molar-refractivity contribution >= 4 is 12.0 Å². The van der Waals surface area contributed by atoms with Gasteiger partial charge in [-0.25, -0.2) is 4.79 Å². The summed E-state index contributed by atoms with van der Waals surface area (Å²) in [4.78, 5) is 10.2. The van der Waals surface area contributed by atoms with Gasteiger partial charge in [-0.15, -0.1) is 0 Å². The van der Waals surface area contributed by atoms with Gasteiger partial charge in [0.1, 0.15) is 5.75 Å². The highest BCUT2D eigenvalue weighted by Gasteiger charge is 2.43. The van der Waals surface area contributed by atoms with Crippen molar-refractivity contribution in [3.8, 4) is 5.75 Å². The maximum atomic E-state index is 12.6. The van der Waals surface area contributed by atoms with E-state index in [9.17, 15) is 36.2 Å². The number of hydrogen-bond acceptors (Lipinski definition) is 2. The number of carbonyl (C=O) groups is 1. The number of aliphatic carboxylic acids is 1. The Morgan fingerprint density at radius 3 is 1.85 bits per heavy atom. The van der Waals surface area contributed by atoms with Crippen LogP contribution in [0.25, 0.3) is 6.08 Å². The van der Waals surface area contributed by atoms with Gasteiger partial charge in [-0.3, -0.25) is 0 Å². The van der Waals surface area contributed by atoms with Crippen molar-refractivity contribution in [1.29, 1.82) is 0 Å². The van der Waals surface area contributed by atoms with E-state index in [1.54, 1.807) is 0 Å². The second-order valence-corrected chi connectivity index (χ2v) is 3.62. The number of phenolic OH excluding ortho intramolecular Hbond substituents is 1. The minimum Gasteiger partial charge on any atom is -0.507 e. The van der Waals surface area contributed by atoms with Gasteiger partial charge in [0, 0.05) is 11.6 Å². The fraction of sp³-hybridized carbons (Fsp3) is 0.182. The molecule has 2 N–H and O–H groups in total. The molecule has 0 radical (unpaired) electrons. The zero-order valence-electron chi connectivity index (χ0n) is 9.38. The molecule has 9 heteroatoms. The molecule has 110 valence electrons. The van der Waals surface area contributed by atoms with Gasteiger partial charge in [-0.1, -0.05) is 0 Å². The molecule has 0 atom stereocenters. The van der Waals surface area contributed by atoms with Crippen LogP contribution in [0, 0.1) is 0 Å². The van der Waals surface area contributed by atoms with E-state index >= 15 is 0 Å². The van der Waals surface area contributed by atoms with Crippen LogP contribution in [0.2, 0.25) is 0 Å². The van der Waals surface area contributed by atoms with Gasteiger partial charge in [-0.2, -0.15) is 26.3 Å². The highest BCUT2D eigenvalue weighted by Crippen LogP contribution is 2.43. The second kappa shape index (κ2) is 5.06. The Morgan fingerprint density at radius 1 is 1.00 bits per heavy atom. The lowest BCUT2D eigenvalue weighted by molar-refractivity contribution is -0.162. The molecule has 20 heavy (non-hydrogen) atoms. The third-order valence-corrected chi connectivity index (χ3v) is 2.18. The summed E-state index contributed by atoms with van der Waals surface area (Å²) in [6.07, 6.45) is -9.66. The van der Waals surface area contributed by atoms with E-state index in [0.717, 1.165) is 0 Å². The highest BCUT2D eigenvalue weighted by atomic mass is 19.4. The SMILES string of the molecule is O=C(O)/C=C/c1cc(C(F)(F)F)c(C(F)(F)F)cc1O. The molecular weight excluding hydrogens is 294 g/mol. The fourth-order valence-corrected chi connectivity index (χ4v) is 1.37. The molecule has 0 aliphatic rings. The van der Waals surface area contributed by atoms with Gasteiger partial charge in [0.05, 0.1) is 11.1 Å². The summed E-state index contributed by atoms with van der Waals surface area (Å²) in [6.45, 7) is 0. The maximum absolute atomic E-state index is 12.6. The monoisotopic (exact) mass is 300 g/mol. The Hall–Kier alpha value is -2.19. The molecule has 0 aromatic heterocycles. The third kappa shape index (κ3) is 3.65. The zero-order valence-corrected chi connectivity index (χ0v) is 9.38. The molecule has 1 aromatic carbocycles. The van der Waals surface area contributed by atoms with Gasteiger partial charge in [0.25, 0.3) is 0 Å². The summed E-state index contributed by atoms with van der Waals surface area (Å²) in [5.74, 6) is -2.64. The zero-order chi connectivity index (χ0) is 15.7. The van der Waals surface area contributed by atoms with Crippen molar-refractivity contribution < 1.29 is 41.4 Å². The van der Waals surface area contributed by atoms with E-state index in [0.29, 0.717) is 12.2 Å². The Kier molecular flexibility index (Phi) is 4.02. The van der Waals surface area contributed by atoms with E-state index in [4.69, 9.17) is 5.11 Å². The van der Waals surface area contributed by atoms with Crippen molar-refractivity contribution in [3.63, 3.8) is 0 Å². The van der Waals surface area contributed by atoms with E-state index in [1.165, 1.54) is 0 Å². The van der Waals surface area contributed by atoms with Crippen molar-refractivity contribution in [2.24, 2.45) is 0 Å². The first-order chi connectivity index (χ1) is 8.93. The van der Waals surface area contributed by atoms with Crippen LogP contribution in [0.4, 0.5) is 26.3 Å². The number of aromatic hydroxyl groups is 1. The summed E-state index contributed by atoms with van der Waals surface area (Å²) in [7, 11) is 0. The molecule has 3 nitrogen and oxygen atoms in total. The number of alkyl halides is 6. The van der Waals surface area contributed by atoms with Gasteiger partial charge < -0.3 is 10.2 Å². The lowest BCUT2D eigenvalue weighted by Gasteiger charge is -2.16. The van der Waals surface area contributed by atoms with Crippen LogP contribution in [0.5, 0.6) is 5.75 Å². The van der Waals surface area contributed by atoms with E-state index < -0.39 is 40.8 Å². The molecule has 0 unspecified atom stereocenters. The Labute approximate surface area is 107 Å². The van der Waals surface area contributed by atoms with Gasteiger partial charge >= 0.3 is 18.3 Å². The molecule has 0 spiro atoms. The van der Waals surface area contributed by atoms with Gasteiger partial charge in [0.15, 0.2) is 0 Å². The molecule has 0 aliphatic carbocycles. The molecule has 0 fully saturated rings. The van der Waals surface area contributed by atoms with Crippen molar-refractivity contribution in [1.82, 2.24) is 0 Å². The smallest absolute Gasteiger partial charge is 0.417 e. The quantitative estimate of drug-likeness (QED) is 0.649. The predicted octanol–water partition coefficient (Wildman–Crippen LogP) is 3.53. The molecule has 1 aromatic rings. The lowest BCUT2D eigenvalue weighted by Crippen LogP contribution is -2.16. The Balaban J connectivity index is 3.52. The molecule has 0 bridgehead atoms. The van der Waals surface area contributed by atoms with Gasteiger partial charge in [0.2, 0.25) is 0 Å². The van der Waals surface area contributed by atoms with Crippen molar-refractivity contribution in [2.45, 2.75) is 12.4 Å². The topological polar surface area (TPSA) is 57.5 Å². The molecule has 0 amide bonds. The number of hydrogen-bond donors (Lipinski definition) is 2. The molecule has 0 saturated carbocycles. The number of carboxylic acids is 1. The van der Waals surface area contributed by atoms with Crippen LogP contribution < -0.4 is 0 Å². The average molecular weight is 300 g/mol. The maximum Gasteiger partial charge on any atom is 0.417 e. The lowest BCUT2D eigenvalue weighted by atomic mass is 10.0. The number of phenols is 1. The fourth-order valence-electron chi connectivity index (χ4n) is 1.37. The van der Waals surface area contributed by atoms with Crippen LogP contribution in [-0.4, -0.2) is 16.2 Å². The first-order valence-corrected chi connectivity index (χ1v) is 4.85. The predicted molar refractivity (Wildman–Crippen MR) is 54.8 cm³/mol. The van der Waals surface area contributed by atoms with Crippen LogP contribution >= 0.6 is 0 Å². The largest absolute Gasteiger partial charge is 0.507 e. The summed E-state index contributed by atoms with van der Waals surface area (Å²) in [6, 6.07) is -0.0536. The standard InChI is InChI=1S/C11H6F6O3/c12-10(13,14)6-3-5(1-2-9(19)20)8(18)4-7(6)11(15,16)17/h1-4,18H,(H,19,20)/b2-1+. The minimum atomic E-state index is -5.31. The normalized spacial score (nSPS) is 12.9. The van der Waals surface area contributed by atoms with E-state index in [-0.39, 0.29) is 12.1 Å².